The van der Waals surface area contributed by atoms with Gasteiger partial charge in [0.2, 0.25) is 0 Å². The lowest BCUT2D eigenvalue weighted by Crippen LogP contribution is -3.00. The number of furan rings is 1. The fourth-order valence-corrected chi connectivity index (χ4v) is 1.55. The molecule has 0 bridgehead atoms. The summed E-state index contributed by atoms with van der Waals surface area (Å²) in [7, 11) is 0. The number of rotatable bonds is 5. The van der Waals surface area contributed by atoms with E-state index in [2.05, 4.69) is 5.32 Å². The van der Waals surface area contributed by atoms with Gasteiger partial charge in [-0.25, -0.2) is 4.39 Å². The molecule has 0 radical (unpaired) electrons. The molecule has 0 amide bonds. The first-order chi connectivity index (χ1) is 7.86. The molecule has 0 aliphatic heterocycles. The van der Waals surface area contributed by atoms with Crippen LogP contribution < -0.4 is 17.7 Å². The maximum absolute atomic E-state index is 13.2. The van der Waals surface area contributed by atoms with Crippen LogP contribution in [0.3, 0.4) is 0 Å². The van der Waals surface area contributed by atoms with Crippen molar-refractivity contribution in [2.45, 2.75) is 13.0 Å². The summed E-state index contributed by atoms with van der Waals surface area (Å²) < 4.78 is 18.4. The molecule has 2 rings (SSSR count). The lowest BCUT2D eigenvalue weighted by atomic mass is 10.1. The summed E-state index contributed by atoms with van der Waals surface area (Å²) >= 11 is 0. The zero-order chi connectivity index (χ0) is 11.2. The molecule has 0 unspecified atom stereocenters. The normalized spacial score (nSPS) is 9.94. The number of benzene rings is 1. The standard InChI is InChI=1S/C13H14FNO.ClH/c14-13-6-2-1-4-11(13)7-8-15-10-12-5-3-9-16-12;/h1-6,9,15H,7-8,10H2;1H/p-1. The number of halogens is 2. The van der Waals surface area contributed by atoms with E-state index >= 15 is 0 Å². The Balaban J connectivity index is 0.00000144. The van der Waals surface area contributed by atoms with E-state index in [0.29, 0.717) is 13.0 Å². The van der Waals surface area contributed by atoms with Crippen LogP contribution >= 0.6 is 0 Å². The van der Waals surface area contributed by atoms with Gasteiger partial charge in [-0.2, -0.15) is 0 Å². The Morgan fingerprint density at radius 1 is 1.12 bits per heavy atom. The van der Waals surface area contributed by atoms with Gasteiger partial charge in [0.1, 0.15) is 11.6 Å². The minimum absolute atomic E-state index is 0. The van der Waals surface area contributed by atoms with E-state index in [1.54, 1.807) is 12.3 Å². The van der Waals surface area contributed by atoms with Crippen LogP contribution in [0.2, 0.25) is 0 Å². The quantitative estimate of drug-likeness (QED) is 0.745. The van der Waals surface area contributed by atoms with E-state index in [0.717, 1.165) is 17.9 Å². The molecule has 1 heterocycles. The Morgan fingerprint density at radius 3 is 2.65 bits per heavy atom. The average Bonchev–Trinajstić information content (AvgIpc) is 2.79. The molecule has 0 aliphatic rings. The van der Waals surface area contributed by atoms with Crippen molar-refractivity contribution in [3.8, 4) is 0 Å². The summed E-state index contributed by atoms with van der Waals surface area (Å²) in [5.41, 5.74) is 0.745. The number of nitrogens with one attached hydrogen (secondary N) is 1. The molecule has 0 fully saturated rings. The first-order valence-corrected chi connectivity index (χ1v) is 5.33. The van der Waals surface area contributed by atoms with Crippen molar-refractivity contribution in [1.29, 1.82) is 0 Å². The largest absolute Gasteiger partial charge is 1.00 e. The zero-order valence-electron chi connectivity index (χ0n) is 9.33. The van der Waals surface area contributed by atoms with Gasteiger partial charge in [0, 0.05) is 0 Å². The summed E-state index contributed by atoms with van der Waals surface area (Å²) in [5.74, 6) is 0.760. The van der Waals surface area contributed by atoms with Crippen molar-refractivity contribution < 1.29 is 21.2 Å². The average molecular weight is 255 g/mol. The predicted molar refractivity (Wildman–Crippen MR) is 60.5 cm³/mol. The Bertz CT molecular complexity index is 431. The van der Waals surface area contributed by atoms with Crippen molar-refractivity contribution in [2.24, 2.45) is 0 Å². The van der Waals surface area contributed by atoms with Crippen molar-refractivity contribution in [2.75, 3.05) is 6.54 Å². The monoisotopic (exact) mass is 254 g/mol. The van der Waals surface area contributed by atoms with Crippen LogP contribution in [0, 0.1) is 5.82 Å². The molecule has 0 spiro atoms. The van der Waals surface area contributed by atoms with Gasteiger partial charge >= 0.3 is 0 Å². The van der Waals surface area contributed by atoms with Gasteiger partial charge in [-0.1, -0.05) is 18.2 Å². The summed E-state index contributed by atoms with van der Waals surface area (Å²) in [6, 6.07) is 10.6. The minimum Gasteiger partial charge on any atom is -1.00 e. The third-order valence-corrected chi connectivity index (χ3v) is 2.41. The van der Waals surface area contributed by atoms with Crippen LogP contribution in [0.15, 0.2) is 47.1 Å². The van der Waals surface area contributed by atoms with Crippen molar-refractivity contribution in [1.82, 2.24) is 5.32 Å². The molecule has 2 aromatic rings. The summed E-state index contributed by atoms with van der Waals surface area (Å²) in [6.45, 7) is 1.42. The lowest BCUT2D eigenvalue weighted by molar-refractivity contribution is -0.00000436. The highest BCUT2D eigenvalue weighted by molar-refractivity contribution is 5.17. The van der Waals surface area contributed by atoms with E-state index in [9.17, 15) is 4.39 Å². The lowest BCUT2D eigenvalue weighted by Gasteiger charge is -2.04. The minimum atomic E-state index is -0.137. The highest BCUT2D eigenvalue weighted by Crippen LogP contribution is 2.06. The molecule has 17 heavy (non-hydrogen) atoms. The van der Waals surface area contributed by atoms with Gasteiger partial charge in [0.25, 0.3) is 0 Å². The zero-order valence-corrected chi connectivity index (χ0v) is 10.1. The molecule has 1 N–H and O–H groups in total. The maximum atomic E-state index is 13.2. The molecular weight excluding hydrogens is 241 g/mol. The molecule has 1 aromatic carbocycles. The third kappa shape index (κ3) is 4.21. The number of hydrogen-bond donors (Lipinski definition) is 1. The molecule has 92 valence electrons. The SMILES string of the molecule is Fc1ccccc1CCNCc1ccco1.[Cl-]. The molecular formula is C13H14ClFNO-. The van der Waals surface area contributed by atoms with Gasteiger partial charge in [-0.3, -0.25) is 0 Å². The van der Waals surface area contributed by atoms with Crippen molar-refractivity contribution in [3.63, 3.8) is 0 Å². The van der Waals surface area contributed by atoms with E-state index < -0.39 is 0 Å². The second-order valence-electron chi connectivity index (χ2n) is 3.60. The van der Waals surface area contributed by atoms with Crippen LogP contribution in [0.5, 0.6) is 0 Å². The second kappa shape index (κ2) is 7.09. The van der Waals surface area contributed by atoms with Gasteiger partial charge in [0.15, 0.2) is 0 Å². The maximum Gasteiger partial charge on any atom is 0.126 e. The van der Waals surface area contributed by atoms with Crippen LogP contribution in [-0.4, -0.2) is 6.54 Å². The second-order valence-corrected chi connectivity index (χ2v) is 3.60. The van der Waals surface area contributed by atoms with E-state index in [1.807, 2.05) is 24.3 Å². The van der Waals surface area contributed by atoms with Crippen LogP contribution in [0.1, 0.15) is 11.3 Å². The topological polar surface area (TPSA) is 25.2 Å². The third-order valence-electron chi connectivity index (χ3n) is 2.41. The van der Waals surface area contributed by atoms with Crippen LogP contribution in [0.25, 0.3) is 0 Å². The summed E-state index contributed by atoms with van der Waals surface area (Å²) in [5, 5.41) is 3.20. The molecule has 0 saturated carbocycles. The van der Waals surface area contributed by atoms with Crippen LogP contribution in [-0.2, 0) is 13.0 Å². The smallest absolute Gasteiger partial charge is 0.126 e. The molecule has 2 nitrogen and oxygen atoms in total. The Kier molecular flexibility index (Phi) is 5.73. The fourth-order valence-electron chi connectivity index (χ4n) is 1.55. The summed E-state index contributed by atoms with van der Waals surface area (Å²) in [6.07, 6.45) is 2.33. The summed E-state index contributed by atoms with van der Waals surface area (Å²) in [4.78, 5) is 0. The molecule has 0 saturated heterocycles. The van der Waals surface area contributed by atoms with Gasteiger partial charge < -0.3 is 22.1 Å². The Morgan fingerprint density at radius 2 is 1.94 bits per heavy atom. The molecule has 0 atom stereocenters. The van der Waals surface area contributed by atoms with E-state index in [1.165, 1.54) is 6.07 Å². The van der Waals surface area contributed by atoms with E-state index in [-0.39, 0.29) is 18.2 Å². The predicted octanol–water partition coefficient (Wildman–Crippen LogP) is -0.245. The van der Waals surface area contributed by atoms with Crippen LogP contribution in [0.4, 0.5) is 4.39 Å². The highest BCUT2D eigenvalue weighted by atomic mass is 35.5. The number of hydrogen-bond acceptors (Lipinski definition) is 2. The van der Waals surface area contributed by atoms with Gasteiger partial charge in [-0.05, 0) is 36.7 Å². The first kappa shape index (κ1) is 13.7. The Labute approximate surface area is 106 Å². The Hall–Kier alpha value is -1.32. The van der Waals surface area contributed by atoms with Gasteiger partial charge in [-0.15, -0.1) is 0 Å². The molecule has 4 heteroatoms. The van der Waals surface area contributed by atoms with Crippen molar-refractivity contribution in [3.05, 3.63) is 59.8 Å². The molecule has 1 aromatic heterocycles. The van der Waals surface area contributed by atoms with E-state index in [4.69, 9.17) is 4.42 Å². The van der Waals surface area contributed by atoms with Crippen molar-refractivity contribution >= 4 is 0 Å². The highest BCUT2D eigenvalue weighted by Gasteiger charge is 2.00. The molecule has 0 aliphatic carbocycles. The van der Waals surface area contributed by atoms with Gasteiger partial charge in [0.05, 0.1) is 12.8 Å². The first-order valence-electron chi connectivity index (χ1n) is 5.33. The fraction of sp³-hybridized carbons (Fsp3) is 0.231.